The second-order valence-electron chi connectivity index (χ2n) is 5.64. The van der Waals surface area contributed by atoms with Crippen molar-refractivity contribution < 1.29 is 0 Å². The van der Waals surface area contributed by atoms with E-state index in [2.05, 4.69) is 34.6 Å². The van der Waals surface area contributed by atoms with E-state index in [0.717, 1.165) is 19.4 Å². The van der Waals surface area contributed by atoms with Crippen LogP contribution in [0.5, 0.6) is 0 Å². The first-order valence-electron chi connectivity index (χ1n) is 5.76. The molecule has 0 aliphatic heterocycles. The van der Waals surface area contributed by atoms with Crippen molar-refractivity contribution in [1.82, 2.24) is 0 Å². The van der Waals surface area contributed by atoms with Crippen LogP contribution >= 0.6 is 0 Å². The SMILES string of the molecule is CC(CCCN)C(N)C(C)C(C)(C)C. The van der Waals surface area contributed by atoms with Gasteiger partial charge in [0.05, 0.1) is 0 Å². The largest absolute Gasteiger partial charge is 0.330 e. The van der Waals surface area contributed by atoms with Gasteiger partial charge in [0.15, 0.2) is 0 Å². The van der Waals surface area contributed by atoms with Crippen LogP contribution in [0.25, 0.3) is 0 Å². The van der Waals surface area contributed by atoms with Crippen LogP contribution < -0.4 is 11.5 Å². The summed E-state index contributed by atoms with van der Waals surface area (Å²) in [5.74, 6) is 1.13. The molecular formula is C12H28N2. The minimum Gasteiger partial charge on any atom is -0.330 e. The highest BCUT2D eigenvalue weighted by Crippen LogP contribution is 2.31. The lowest BCUT2D eigenvalue weighted by molar-refractivity contribution is 0.181. The third-order valence-corrected chi connectivity index (χ3v) is 3.46. The molecule has 86 valence electrons. The lowest BCUT2D eigenvalue weighted by atomic mass is 9.73. The molecule has 14 heavy (non-hydrogen) atoms. The minimum absolute atomic E-state index is 0.293. The Morgan fingerprint density at radius 3 is 2.00 bits per heavy atom. The summed E-state index contributed by atoms with van der Waals surface area (Å²) in [4.78, 5) is 0. The van der Waals surface area contributed by atoms with Crippen molar-refractivity contribution >= 4 is 0 Å². The Morgan fingerprint density at radius 2 is 1.64 bits per heavy atom. The lowest BCUT2D eigenvalue weighted by Gasteiger charge is -2.35. The zero-order chi connectivity index (χ0) is 11.4. The average Bonchev–Trinajstić information content (AvgIpc) is 2.10. The first-order chi connectivity index (χ1) is 6.30. The summed E-state index contributed by atoms with van der Waals surface area (Å²) in [6, 6.07) is 0.293. The van der Waals surface area contributed by atoms with Crippen LogP contribution in [0.15, 0.2) is 0 Å². The van der Waals surface area contributed by atoms with Gasteiger partial charge < -0.3 is 11.5 Å². The molecule has 0 aromatic carbocycles. The summed E-state index contributed by atoms with van der Waals surface area (Å²) in [7, 11) is 0. The molecule has 0 aliphatic rings. The quantitative estimate of drug-likeness (QED) is 0.716. The van der Waals surface area contributed by atoms with E-state index in [4.69, 9.17) is 11.5 Å². The van der Waals surface area contributed by atoms with E-state index in [0.29, 0.717) is 23.3 Å². The van der Waals surface area contributed by atoms with Crippen LogP contribution in [-0.4, -0.2) is 12.6 Å². The fourth-order valence-electron chi connectivity index (χ4n) is 1.70. The Morgan fingerprint density at radius 1 is 1.14 bits per heavy atom. The summed E-state index contributed by atoms with van der Waals surface area (Å²) >= 11 is 0. The minimum atomic E-state index is 0.293. The van der Waals surface area contributed by atoms with Gasteiger partial charge in [-0.05, 0) is 36.6 Å². The van der Waals surface area contributed by atoms with Gasteiger partial charge in [0.2, 0.25) is 0 Å². The summed E-state index contributed by atoms with van der Waals surface area (Å²) in [6.07, 6.45) is 2.24. The Balaban J connectivity index is 4.10. The normalized spacial score (nSPS) is 19.1. The number of hydrogen-bond acceptors (Lipinski definition) is 2. The lowest BCUT2D eigenvalue weighted by Crippen LogP contribution is -2.41. The first-order valence-corrected chi connectivity index (χ1v) is 5.76. The first kappa shape index (κ1) is 13.9. The average molecular weight is 200 g/mol. The number of hydrogen-bond donors (Lipinski definition) is 2. The molecule has 2 nitrogen and oxygen atoms in total. The third kappa shape index (κ3) is 4.43. The van der Waals surface area contributed by atoms with Gasteiger partial charge in [-0.2, -0.15) is 0 Å². The molecule has 0 spiro atoms. The zero-order valence-electron chi connectivity index (χ0n) is 10.5. The molecule has 4 N–H and O–H groups in total. The fraction of sp³-hybridized carbons (Fsp3) is 1.00. The summed E-state index contributed by atoms with van der Waals surface area (Å²) < 4.78 is 0. The molecule has 3 unspecified atom stereocenters. The second kappa shape index (κ2) is 5.72. The van der Waals surface area contributed by atoms with E-state index in [1.165, 1.54) is 0 Å². The Labute approximate surface area is 89.4 Å². The molecule has 0 bridgehead atoms. The van der Waals surface area contributed by atoms with Crippen LogP contribution in [0.2, 0.25) is 0 Å². The van der Waals surface area contributed by atoms with E-state index in [1.807, 2.05) is 0 Å². The Kier molecular flexibility index (Phi) is 5.68. The highest BCUT2D eigenvalue weighted by atomic mass is 14.7. The van der Waals surface area contributed by atoms with Crippen LogP contribution in [0.3, 0.4) is 0 Å². The fourth-order valence-corrected chi connectivity index (χ4v) is 1.70. The van der Waals surface area contributed by atoms with E-state index < -0.39 is 0 Å². The van der Waals surface area contributed by atoms with Gasteiger partial charge in [0.25, 0.3) is 0 Å². The molecular weight excluding hydrogens is 172 g/mol. The Hall–Kier alpha value is -0.0800. The van der Waals surface area contributed by atoms with E-state index >= 15 is 0 Å². The van der Waals surface area contributed by atoms with Crippen molar-refractivity contribution in [2.45, 2.75) is 53.5 Å². The molecule has 0 aromatic heterocycles. The van der Waals surface area contributed by atoms with Gasteiger partial charge in [0.1, 0.15) is 0 Å². The Bertz CT molecular complexity index is 149. The number of rotatable bonds is 5. The van der Waals surface area contributed by atoms with E-state index in [9.17, 15) is 0 Å². The smallest absolute Gasteiger partial charge is 0.00953 e. The molecule has 0 fully saturated rings. The van der Waals surface area contributed by atoms with Gasteiger partial charge in [-0.15, -0.1) is 0 Å². The molecule has 0 radical (unpaired) electrons. The predicted octanol–water partition coefficient (Wildman–Crippen LogP) is 2.37. The monoisotopic (exact) mass is 200 g/mol. The standard InChI is InChI=1S/C12H28N2/c1-9(7-6-8-13)11(14)10(2)12(3,4)5/h9-11H,6-8,13-14H2,1-5H3. The molecule has 0 amide bonds. The molecule has 0 saturated heterocycles. The summed E-state index contributed by atoms with van der Waals surface area (Å²) in [6.45, 7) is 12.0. The molecule has 0 aromatic rings. The third-order valence-electron chi connectivity index (χ3n) is 3.46. The van der Waals surface area contributed by atoms with Crippen molar-refractivity contribution in [1.29, 1.82) is 0 Å². The summed E-state index contributed by atoms with van der Waals surface area (Å²) in [5, 5.41) is 0. The van der Waals surface area contributed by atoms with Gasteiger partial charge in [-0.1, -0.05) is 34.6 Å². The van der Waals surface area contributed by atoms with Gasteiger partial charge in [0, 0.05) is 6.04 Å². The molecule has 2 heteroatoms. The summed E-state index contributed by atoms with van der Waals surface area (Å²) in [5.41, 5.74) is 12.0. The zero-order valence-corrected chi connectivity index (χ0v) is 10.5. The van der Waals surface area contributed by atoms with Gasteiger partial charge in [-0.25, -0.2) is 0 Å². The maximum atomic E-state index is 6.25. The predicted molar refractivity (Wildman–Crippen MR) is 64.0 cm³/mol. The molecule has 0 aliphatic carbocycles. The van der Waals surface area contributed by atoms with Crippen LogP contribution in [-0.2, 0) is 0 Å². The molecule has 0 saturated carbocycles. The topological polar surface area (TPSA) is 52.0 Å². The highest BCUT2D eigenvalue weighted by Gasteiger charge is 2.28. The highest BCUT2D eigenvalue weighted by molar-refractivity contribution is 4.82. The maximum absolute atomic E-state index is 6.25. The molecule has 0 heterocycles. The van der Waals surface area contributed by atoms with Crippen molar-refractivity contribution in [2.24, 2.45) is 28.7 Å². The van der Waals surface area contributed by atoms with Crippen LogP contribution in [0.4, 0.5) is 0 Å². The molecule has 3 atom stereocenters. The van der Waals surface area contributed by atoms with E-state index in [-0.39, 0.29) is 0 Å². The van der Waals surface area contributed by atoms with Crippen molar-refractivity contribution in [3.05, 3.63) is 0 Å². The van der Waals surface area contributed by atoms with Crippen molar-refractivity contribution in [3.63, 3.8) is 0 Å². The van der Waals surface area contributed by atoms with Crippen molar-refractivity contribution in [3.8, 4) is 0 Å². The second-order valence-corrected chi connectivity index (χ2v) is 5.64. The van der Waals surface area contributed by atoms with Gasteiger partial charge >= 0.3 is 0 Å². The number of nitrogens with two attached hydrogens (primary N) is 2. The maximum Gasteiger partial charge on any atom is 0.00953 e. The van der Waals surface area contributed by atoms with Gasteiger partial charge in [-0.3, -0.25) is 0 Å². The van der Waals surface area contributed by atoms with Crippen molar-refractivity contribution in [2.75, 3.05) is 6.54 Å². The van der Waals surface area contributed by atoms with E-state index in [1.54, 1.807) is 0 Å². The molecule has 0 rings (SSSR count). The van der Waals surface area contributed by atoms with Crippen LogP contribution in [0.1, 0.15) is 47.5 Å². The van der Waals surface area contributed by atoms with Crippen LogP contribution in [0, 0.1) is 17.3 Å².